The minimum absolute atomic E-state index is 0.203. The van der Waals surface area contributed by atoms with E-state index in [0.29, 0.717) is 44.7 Å². The van der Waals surface area contributed by atoms with Gasteiger partial charge in [0, 0.05) is 9.50 Å². The predicted octanol–water partition coefficient (Wildman–Crippen LogP) is 8.08. The molecular formula is C26H20Br2ClNO4S. The molecule has 0 N–H and O–H groups in total. The Kier molecular flexibility index (Phi) is 8.59. The molecule has 1 fully saturated rings. The lowest BCUT2D eigenvalue weighted by Crippen LogP contribution is -2.27. The molecule has 2 amide bonds. The summed E-state index contributed by atoms with van der Waals surface area (Å²) in [6.07, 6.45) is 1.70. The third-order valence-corrected chi connectivity index (χ3v) is 7.61. The lowest BCUT2D eigenvalue weighted by Gasteiger charge is -2.15. The molecular weight excluding hydrogens is 618 g/mol. The Labute approximate surface area is 229 Å². The molecule has 3 aromatic carbocycles. The van der Waals surface area contributed by atoms with Crippen molar-refractivity contribution in [2.75, 3.05) is 6.61 Å². The fraction of sp³-hybridized carbons (Fsp3) is 0.154. The first-order valence-electron chi connectivity index (χ1n) is 10.7. The highest BCUT2D eigenvalue weighted by Gasteiger charge is 2.35. The summed E-state index contributed by atoms with van der Waals surface area (Å²) in [6.45, 7) is 2.87. The molecule has 9 heteroatoms. The van der Waals surface area contributed by atoms with Crippen molar-refractivity contribution in [3.8, 4) is 11.5 Å². The summed E-state index contributed by atoms with van der Waals surface area (Å²) < 4.78 is 13.4. The van der Waals surface area contributed by atoms with Crippen molar-refractivity contribution in [3.63, 3.8) is 0 Å². The molecule has 1 aliphatic rings. The van der Waals surface area contributed by atoms with Crippen LogP contribution in [0.25, 0.3) is 6.08 Å². The standard InChI is InChI=1S/C26H20Br2ClNO4S/c1-2-33-22-12-17(11-21(28)24(22)34-15-16-7-9-19(29)10-8-16)13-23-25(31)30(26(32)35-23)14-18-5-3-4-6-20(18)27/h3-13H,2,14-15H2,1H3/b23-13+. The highest BCUT2D eigenvalue weighted by atomic mass is 79.9. The van der Waals surface area contributed by atoms with E-state index in [0.717, 1.165) is 27.4 Å². The summed E-state index contributed by atoms with van der Waals surface area (Å²) in [5.41, 5.74) is 2.54. The van der Waals surface area contributed by atoms with Crippen LogP contribution < -0.4 is 9.47 Å². The number of imide groups is 1. The molecule has 3 aromatic rings. The van der Waals surface area contributed by atoms with E-state index in [4.69, 9.17) is 21.1 Å². The molecule has 0 aliphatic carbocycles. The SMILES string of the molecule is CCOc1cc(/C=C2/SC(=O)N(Cc3ccccc3Br)C2=O)cc(Br)c1OCc1ccc(Cl)cc1. The van der Waals surface area contributed by atoms with Crippen LogP contribution in [0.15, 0.2) is 74.5 Å². The van der Waals surface area contributed by atoms with Gasteiger partial charge in [-0.2, -0.15) is 0 Å². The van der Waals surface area contributed by atoms with Crippen LogP contribution in [0.1, 0.15) is 23.6 Å². The number of carbonyl (C=O) groups excluding carboxylic acids is 2. The average Bonchev–Trinajstić information content (AvgIpc) is 3.08. The lowest BCUT2D eigenvalue weighted by molar-refractivity contribution is -0.123. The summed E-state index contributed by atoms with van der Waals surface area (Å²) in [4.78, 5) is 27.2. The molecule has 0 radical (unpaired) electrons. The van der Waals surface area contributed by atoms with E-state index in [2.05, 4.69) is 31.9 Å². The van der Waals surface area contributed by atoms with Gasteiger partial charge in [0.05, 0.1) is 22.5 Å². The van der Waals surface area contributed by atoms with Gasteiger partial charge in [-0.15, -0.1) is 0 Å². The largest absolute Gasteiger partial charge is 0.490 e. The van der Waals surface area contributed by atoms with Gasteiger partial charge in [-0.1, -0.05) is 57.9 Å². The molecule has 0 spiro atoms. The van der Waals surface area contributed by atoms with Gasteiger partial charge in [0.1, 0.15) is 6.61 Å². The molecule has 180 valence electrons. The zero-order valence-corrected chi connectivity index (χ0v) is 23.3. The molecule has 0 aromatic heterocycles. The fourth-order valence-corrected chi connectivity index (χ4v) is 5.34. The smallest absolute Gasteiger partial charge is 0.293 e. The predicted molar refractivity (Wildman–Crippen MR) is 147 cm³/mol. The molecule has 0 saturated carbocycles. The highest BCUT2D eigenvalue weighted by Crippen LogP contribution is 2.40. The number of benzene rings is 3. The number of ether oxygens (including phenoxy) is 2. The van der Waals surface area contributed by atoms with Gasteiger partial charge in [-0.3, -0.25) is 14.5 Å². The van der Waals surface area contributed by atoms with Crippen molar-refractivity contribution in [3.05, 3.63) is 96.2 Å². The van der Waals surface area contributed by atoms with Crippen LogP contribution in [-0.4, -0.2) is 22.7 Å². The van der Waals surface area contributed by atoms with Crippen LogP contribution in [0.3, 0.4) is 0 Å². The van der Waals surface area contributed by atoms with Crippen molar-refractivity contribution in [1.29, 1.82) is 0 Å². The second-order valence-corrected chi connectivity index (χ2v) is 10.7. The minimum atomic E-state index is -0.326. The Morgan fingerprint density at radius 1 is 1.00 bits per heavy atom. The Bertz CT molecular complexity index is 1300. The van der Waals surface area contributed by atoms with Crippen LogP contribution in [-0.2, 0) is 17.9 Å². The van der Waals surface area contributed by atoms with Crippen LogP contribution in [0.4, 0.5) is 4.79 Å². The van der Waals surface area contributed by atoms with Crippen LogP contribution >= 0.6 is 55.2 Å². The number of hydrogen-bond donors (Lipinski definition) is 0. The van der Waals surface area contributed by atoms with Gasteiger partial charge in [0.25, 0.3) is 11.1 Å². The number of hydrogen-bond acceptors (Lipinski definition) is 5. The van der Waals surface area contributed by atoms with E-state index < -0.39 is 0 Å². The number of nitrogens with zero attached hydrogens (tertiary/aromatic N) is 1. The molecule has 1 saturated heterocycles. The van der Waals surface area contributed by atoms with Crippen LogP contribution in [0.2, 0.25) is 5.02 Å². The van der Waals surface area contributed by atoms with E-state index in [9.17, 15) is 9.59 Å². The Morgan fingerprint density at radius 2 is 1.74 bits per heavy atom. The third kappa shape index (κ3) is 6.30. The highest BCUT2D eigenvalue weighted by molar-refractivity contribution is 9.10. The third-order valence-electron chi connectivity index (χ3n) is 5.09. The quantitative estimate of drug-likeness (QED) is 0.234. The average molecular weight is 638 g/mol. The zero-order valence-electron chi connectivity index (χ0n) is 18.6. The molecule has 35 heavy (non-hydrogen) atoms. The molecule has 1 heterocycles. The van der Waals surface area contributed by atoms with E-state index in [-0.39, 0.29) is 17.7 Å². The maximum atomic E-state index is 13.0. The molecule has 0 atom stereocenters. The lowest BCUT2D eigenvalue weighted by atomic mass is 10.1. The van der Waals surface area contributed by atoms with Gasteiger partial charge < -0.3 is 9.47 Å². The van der Waals surface area contributed by atoms with Crippen LogP contribution in [0.5, 0.6) is 11.5 Å². The summed E-state index contributed by atoms with van der Waals surface area (Å²) in [5, 5.41) is 0.360. The first-order valence-corrected chi connectivity index (χ1v) is 13.5. The van der Waals surface area contributed by atoms with Gasteiger partial charge in [-0.25, -0.2) is 0 Å². The second kappa shape index (κ2) is 11.6. The van der Waals surface area contributed by atoms with Crippen molar-refractivity contribution < 1.29 is 19.1 Å². The summed E-state index contributed by atoms with van der Waals surface area (Å²) in [7, 11) is 0. The van der Waals surface area contributed by atoms with Crippen molar-refractivity contribution >= 4 is 72.4 Å². The molecule has 1 aliphatic heterocycles. The second-order valence-electron chi connectivity index (χ2n) is 7.54. The first kappa shape index (κ1) is 25.8. The topological polar surface area (TPSA) is 55.8 Å². The maximum absolute atomic E-state index is 13.0. The number of rotatable bonds is 8. The first-order chi connectivity index (χ1) is 16.9. The van der Waals surface area contributed by atoms with E-state index >= 15 is 0 Å². The molecule has 0 unspecified atom stereocenters. The fourth-order valence-electron chi connectivity index (χ4n) is 3.40. The minimum Gasteiger partial charge on any atom is -0.490 e. The number of carbonyl (C=O) groups is 2. The van der Waals surface area contributed by atoms with Gasteiger partial charge in [0.2, 0.25) is 0 Å². The van der Waals surface area contributed by atoms with Gasteiger partial charge >= 0.3 is 0 Å². The van der Waals surface area contributed by atoms with Crippen molar-refractivity contribution in [2.24, 2.45) is 0 Å². The summed E-state index contributed by atoms with van der Waals surface area (Å²) >= 11 is 13.9. The van der Waals surface area contributed by atoms with E-state index in [1.807, 2.05) is 61.5 Å². The Morgan fingerprint density at radius 3 is 2.46 bits per heavy atom. The Hall–Kier alpha value is -2.26. The molecule has 4 rings (SSSR count). The molecule has 5 nitrogen and oxygen atoms in total. The van der Waals surface area contributed by atoms with Gasteiger partial charge in [0.15, 0.2) is 11.5 Å². The number of halogens is 3. The normalized spacial score (nSPS) is 14.6. The maximum Gasteiger partial charge on any atom is 0.293 e. The van der Waals surface area contributed by atoms with E-state index in [1.165, 1.54) is 4.90 Å². The monoisotopic (exact) mass is 635 g/mol. The summed E-state index contributed by atoms with van der Waals surface area (Å²) in [6, 6.07) is 18.6. The summed E-state index contributed by atoms with van der Waals surface area (Å²) in [5.74, 6) is 0.767. The van der Waals surface area contributed by atoms with E-state index in [1.54, 1.807) is 12.1 Å². The van der Waals surface area contributed by atoms with Crippen molar-refractivity contribution in [1.82, 2.24) is 4.90 Å². The number of amides is 2. The van der Waals surface area contributed by atoms with Crippen molar-refractivity contribution in [2.45, 2.75) is 20.1 Å². The number of thioether (sulfide) groups is 1. The zero-order chi connectivity index (χ0) is 24.9. The Balaban J connectivity index is 1.55. The van der Waals surface area contributed by atoms with Gasteiger partial charge in [-0.05, 0) is 87.7 Å². The molecule has 0 bridgehead atoms. The van der Waals surface area contributed by atoms with Crippen LogP contribution in [0, 0.1) is 0 Å².